The number of aldehydes is 1. The molecule has 20 heavy (non-hydrogen) atoms. The number of aromatic carboxylic acids is 1. The summed E-state index contributed by atoms with van der Waals surface area (Å²) in [5.41, 5.74) is 0.990. The van der Waals surface area contributed by atoms with Crippen molar-refractivity contribution in [3.8, 4) is 22.8 Å². The predicted molar refractivity (Wildman–Crippen MR) is 67.4 cm³/mol. The number of carboxylic acids is 1. The number of methoxy groups -OCH3 is 2. The van der Waals surface area contributed by atoms with Crippen LogP contribution in [0.25, 0.3) is 11.3 Å². The van der Waals surface area contributed by atoms with Gasteiger partial charge >= 0.3 is 5.97 Å². The molecule has 0 atom stereocenters. The summed E-state index contributed by atoms with van der Waals surface area (Å²) in [5.74, 6) is -0.867. The van der Waals surface area contributed by atoms with Crippen LogP contribution >= 0.6 is 0 Å². The quantitative estimate of drug-likeness (QED) is 0.833. The summed E-state index contributed by atoms with van der Waals surface area (Å²) in [7, 11) is 2.86. The highest BCUT2D eigenvalue weighted by molar-refractivity contribution is 5.87. The minimum atomic E-state index is -1.23. The Morgan fingerprint density at radius 3 is 2.55 bits per heavy atom. The van der Waals surface area contributed by atoms with Gasteiger partial charge in [0.15, 0.2) is 11.5 Å². The summed E-state index contributed by atoms with van der Waals surface area (Å²) in [6, 6.07) is 4.26. The van der Waals surface area contributed by atoms with E-state index in [0.29, 0.717) is 28.9 Å². The van der Waals surface area contributed by atoms with Crippen LogP contribution in [0.15, 0.2) is 22.7 Å². The van der Waals surface area contributed by atoms with Crippen LogP contribution in [0.4, 0.5) is 0 Å². The van der Waals surface area contributed by atoms with E-state index < -0.39 is 5.97 Å². The average Bonchev–Trinajstić information content (AvgIpc) is 2.95. The molecular formula is C13H11NO6. The molecule has 0 radical (unpaired) electrons. The van der Waals surface area contributed by atoms with Crippen molar-refractivity contribution in [1.82, 2.24) is 5.16 Å². The van der Waals surface area contributed by atoms with Crippen LogP contribution in [-0.4, -0.2) is 36.7 Å². The van der Waals surface area contributed by atoms with Crippen LogP contribution in [0.2, 0.25) is 0 Å². The number of ether oxygens (including phenoxy) is 2. The predicted octanol–water partition coefficient (Wildman–Crippen LogP) is 1.87. The van der Waals surface area contributed by atoms with Gasteiger partial charge in [-0.25, -0.2) is 4.79 Å². The molecule has 0 saturated heterocycles. The molecule has 0 amide bonds. The number of carboxylic acid groups (broad SMARTS) is 1. The number of rotatable bonds is 5. The van der Waals surface area contributed by atoms with Gasteiger partial charge < -0.3 is 19.1 Å². The SMILES string of the molecule is COc1cc(C=O)cc(-c2cc(C(=O)O)on2)c1OC. The molecule has 7 nitrogen and oxygen atoms in total. The first-order chi connectivity index (χ1) is 9.60. The lowest BCUT2D eigenvalue weighted by Crippen LogP contribution is -1.96. The van der Waals surface area contributed by atoms with Gasteiger partial charge in [0.1, 0.15) is 12.0 Å². The minimum Gasteiger partial charge on any atom is -0.493 e. The highest BCUT2D eigenvalue weighted by atomic mass is 16.5. The maximum absolute atomic E-state index is 10.9. The van der Waals surface area contributed by atoms with Crippen molar-refractivity contribution in [3.05, 3.63) is 29.5 Å². The molecule has 1 heterocycles. The van der Waals surface area contributed by atoms with Crippen molar-refractivity contribution in [3.63, 3.8) is 0 Å². The molecule has 0 unspecified atom stereocenters. The summed E-state index contributed by atoms with van der Waals surface area (Å²) in [5, 5.41) is 12.5. The number of hydrogen-bond donors (Lipinski definition) is 1. The van der Waals surface area contributed by atoms with Gasteiger partial charge in [-0.15, -0.1) is 0 Å². The van der Waals surface area contributed by atoms with Crippen molar-refractivity contribution < 1.29 is 28.7 Å². The van der Waals surface area contributed by atoms with Gasteiger partial charge in [0.2, 0.25) is 5.76 Å². The van der Waals surface area contributed by atoms with Gasteiger partial charge in [-0.1, -0.05) is 5.16 Å². The molecule has 0 aliphatic carbocycles. The Balaban J connectivity index is 2.63. The first kappa shape index (κ1) is 13.6. The molecule has 0 aliphatic rings. The molecule has 0 saturated carbocycles. The third-order valence-electron chi connectivity index (χ3n) is 2.63. The van der Waals surface area contributed by atoms with Crippen molar-refractivity contribution in [2.75, 3.05) is 14.2 Å². The normalized spacial score (nSPS) is 10.1. The fourth-order valence-corrected chi connectivity index (χ4v) is 1.75. The largest absolute Gasteiger partial charge is 0.493 e. The lowest BCUT2D eigenvalue weighted by atomic mass is 10.1. The smallest absolute Gasteiger partial charge is 0.374 e. The van der Waals surface area contributed by atoms with Crippen molar-refractivity contribution in [1.29, 1.82) is 0 Å². The Hall–Kier alpha value is -2.83. The van der Waals surface area contributed by atoms with E-state index in [1.165, 1.54) is 32.4 Å². The number of carbonyl (C=O) groups excluding carboxylic acids is 1. The molecule has 1 N–H and O–H groups in total. The monoisotopic (exact) mass is 277 g/mol. The zero-order valence-corrected chi connectivity index (χ0v) is 10.7. The molecule has 104 valence electrons. The number of benzene rings is 1. The molecule has 2 aromatic rings. The number of aromatic nitrogens is 1. The second-order valence-corrected chi connectivity index (χ2v) is 3.80. The molecular weight excluding hydrogens is 266 g/mol. The van der Waals surface area contributed by atoms with E-state index in [0.717, 1.165) is 0 Å². The fourth-order valence-electron chi connectivity index (χ4n) is 1.75. The summed E-state index contributed by atoms with van der Waals surface area (Å²) in [4.78, 5) is 21.7. The highest BCUT2D eigenvalue weighted by Gasteiger charge is 2.19. The molecule has 0 aliphatic heterocycles. The molecule has 0 spiro atoms. The van der Waals surface area contributed by atoms with Crippen molar-refractivity contribution >= 4 is 12.3 Å². The van der Waals surface area contributed by atoms with Gasteiger partial charge in [0.25, 0.3) is 0 Å². The van der Waals surface area contributed by atoms with E-state index in [1.54, 1.807) is 0 Å². The van der Waals surface area contributed by atoms with Crippen LogP contribution in [-0.2, 0) is 0 Å². The third-order valence-corrected chi connectivity index (χ3v) is 2.63. The summed E-state index contributed by atoms with van der Waals surface area (Å²) < 4.78 is 15.1. The first-order valence-electron chi connectivity index (χ1n) is 5.52. The summed E-state index contributed by atoms with van der Waals surface area (Å²) in [6.07, 6.45) is 0.643. The van der Waals surface area contributed by atoms with Gasteiger partial charge in [-0.2, -0.15) is 0 Å². The zero-order valence-electron chi connectivity index (χ0n) is 10.7. The lowest BCUT2D eigenvalue weighted by Gasteiger charge is -2.11. The van der Waals surface area contributed by atoms with Crippen molar-refractivity contribution in [2.24, 2.45) is 0 Å². The van der Waals surface area contributed by atoms with Gasteiger partial charge in [0.05, 0.1) is 19.8 Å². The minimum absolute atomic E-state index is 0.237. The van der Waals surface area contributed by atoms with Gasteiger partial charge in [0, 0.05) is 11.6 Å². The number of hydrogen-bond acceptors (Lipinski definition) is 6. The molecule has 0 bridgehead atoms. The van der Waals surface area contributed by atoms with Crippen LogP contribution in [0.5, 0.6) is 11.5 Å². The summed E-state index contributed by atoms with van der Waals surface area (Å²) >= 11 is 0. The van der Waals surface area contributed by atoms with E-state index in [9.17, 15) is 9.59 Å². The molecule has 0 fully saturated rings. The van der Waals surface area contributed by atoms with Gasteiger partial charge in [-0.3, -0.25) is 4.79 Å². The molecule has 1 aromatic heterocycles. The van der Waals surface area contributed by atoms with Crippen LogP contribution in [0.1, 0.15) is 20.9 Å². The number of nitrogens with zero attached hydrogens (tertiary/aromatic N) is 1. The fraction of sp³-hybridized carbons (Fsp3) is 0.154. The standard InChI is InChI=1S/C13H11NO6/c1-18-10-4-7(6-15)3-8(12(10)19-2)9-5-11(13(16)17)20-14-9/h3-6H,1-2H3,(H,16,17). The molecule has 1 aromatic carbocycles. The second kappa shape index (κ2) is 5.43. The Bertz CT molecular complexity index is 661. The third kappa shape index (κ3) is 2.33. The zero-order chi connectivity index (χ0) is 14.7. The van der Waals surface area contributed by atoms with Crippen LogP contribution in [0, 0.1) is 0 Å². The first-order valence-corrected chi connectivity index (χ1v) is 5.52. The van der Waals surface area contributed by atoms with Crippen LogP contribution < -0.4 is 9.47 Å². The second-order valence-electron chi connectivity index (χ2n) is 3.80. The maximum Gasteiger partial charge on any atom is 0.374 e. The lowest BCUT2D eigenvalue weighted by molar-refractivity contribution is 0.0652. The topological polar surface area (TPSA) is 98.9 Å². The molecule has 7 heteroatoms. The Morgan fingerprint density at radius 2 is 2.05 bits per heavy atom. The average molecular weight is 277 g/mol. The van der Waals surface area contributed by atoms with E-state index in [2.05, 4.69) is 5.16 Å². The van der Waals surface area contributed by atoms with E-state index in [4.69, 9.17) is 19.1 Å². The Morgan fingerprint density at radius 1 is 1.30 bits per heavy atom. The van der Waals surface area contributed by atoms with E-state index >= 15 is 0 Å². The highest BCUT2D eigenvalue weighted by Crippen LogP contribution is 2.38. The summed E-state index contributed by atoms with van der Waals surface area (Å²) in [6.45, 7) is 0. The maximum atomic E-state index is 10.9. The van der Waals surface area contributed by atoms with Crippen molar-refractivity contribution in [2.45, 2.75) is 0 Å². The van der Waals surface area contributed by atoms with Gasteiger partial charge in [-0.05, 0) is 12.1 Å². The molecule has 2 rings (SSSR count). The Labute approximate surface area is 113 Å². The van der Waals surface area contributed by atoms with E-state index in [-0.39, 0.29) is 11.5 Å². The van der Waals surface area contributed by atoms with Crippen LogP contribution in [0.3, 0.4) is 0 Å². The van der Waals surface area contributed by atoms with E-state index in [1.807, 2.05) is 0 Å². The number of carbonyl (C=O) groups is 2. The Kier molecular flexibility index (Phi) is 3.69.